The molecule has 0 saturated heterocycles. The molecule has 4 aromatic rings. The van der Waals surface area contributed by atoms with Crippen molar-refractivity contribution < 1.29 is 14.2 Å². The van der Waals surface area contributed by atoms with Crippen LogP contribution in [0.5, 0.6) is 17.2 Å². The molecule has 3 N–H and O–H groups in total. The molecule has 0 unspecified atom stereocenters. The van der Waals surface area contributed by atoms with Gasteiger partial charge in [0.1, 0.15) is 5.82 Å². The SMILES string of the molecule is COc1cc(Nc2nccc(Nc3ccc4cn[nH]c4c3)n2)cc(OC)c1OC. The van der Waals surface area contributed by atoms with Gasteiger partial charge in [0, 0.05) is 35.1 Å². The van der Waals surface area contributed by atoms with Gasteiger partial charge in [-0.1, -0.05) is 0 Å². The fraction of sp³-hybridized carbons (Fsp3) is 0.150. The minimum absolute atomic E-state index is 0.423. The topological polar surface area (TPSA) is 106 Å². The number of nitrogens with one attached hydrogen (secondary N) is 3. The van der Waals surface area contributed by atoms with Crippen molar-refractivity contribution in [3.8, 4) is 17.2 Å². The van der Waals surface area contributed by atoms with Crippen LogP contribution in [0.1, 0.15) is 0 Å². The first kappa shape index (κ1) is 18.4. The summed E-state index contributed by atoms with van der Waals surface area (Å²) in [6, 6.07) is 11.3. The number of hydrogen-bond acceptors (Lipinski definition) is 8. The van der Waals surface area contributed by atoms with E-state index >= 15 is 0 Å². The van der Waals surface area contributed by atoms with Crippen molar-refractivity contribution in [2.75, 3.05) is 32.0 Å². The summed E-state index contributed by atoms with van der Waals surface area (Å²) >= 11 is 0. The molecule has 2 aromatic carbocycles. The Morgan fingerprint density at radius 1 is 0.862 bits per heavy atom. The molecule has 148 valence electrons. The van der Waals surface area contributed by atoms with Crippen LogP contribution >= 0.6 is 0 Å². The van der Waals surface area contributed by atoms with Gasteiger partial charge in [0.05, 0.1) is 33.0 Å². The van der Waals surface area contributed by atoms with Gasteiger partial charge in [-0.05, 0) is 24.3 Å². The predicted molar refractivity (Wildman–Crippen MR) is 111 cm³/mol. The molecular formula is C20H20N6O3. The molecule has 2 aromatic heterocycles. The number of ether oxygens (including phenoxy) is 3. The monoisotopic (exact) mass is 392 g/mol. The van der Waals surface area contributed by atoms with E-state index in [9.17, 15) is 0 Å². The number of fused-ring (bicyclic) bond motifs is 1. The minimum Gasteiger partial charge on any atom is -0.493 e. The first-order chi connectivity index (χ1) is 14.2. The third kappa shape index (κ3) is 3.84. The van der Waals surface area contributed by atoms with Crippen LogP contribution in [-0.2, 0) is 0 Å². The molecule has 0 aliphatic rings. The fourth-order valence-corrected chi connectivity index (χ4v) is 2.93. The molecule has 0 aliphatic carbocycles. The first-order valence-electron chi connectivity index (χ1n) is 8.80. The molecule has 0 amide bonds. The lowest BCUT2D eigenvalue weighted by atomic mass is 10.2. The normalized spacial score (nSPS) is 10.6. The van der Waals surface area contributed by atoms with Crippen LogP contribution in [0.15, 0.2) is 48.8 Å². The molecule has 0 fully saturated rings. The fourth-order valence-electron chi connectivity index (χ4n) is 2.93. The molecule has 0 aliphatic heterocycles. The van der Waals surface area contributed by atoms with E-state index < -0.39 is 0 Å². The number of aromatic nitrogens is 4. The Balaban J connectivity index is 1.57. The summed E-state index contributed by atoms with van der Waals surface area (Å²) in [6.45, 7) is 0. The van der Waals surface area contributed by atoms with Gasteiger partial charge in [-0.25, -0.2) is 4.98 Å². The number of methoxy groups -OCH3 is 3. The zero-order chi connectivity index (χ0) is 20.2. The smallest absolute Gasteiger partial charge is 0.229 e. The van der Waals surface area contributed by atoms with E-state index in [4.69, 9.17) is 14.2 Å². The van der Waals surface area contributed by atoms with Gasteiger partial charge in [-0.2, -0.15) is 10.1 Å². The van der Waals surface area contributed by atoms with Gasteiger partial charge < -0.3 is 24.8 Å². The van der Waals surface area contributed by atoms with Crippen molar-refractivity contribution in [1.82, 2.24) is 20.2 Å². The van der Waals surface area contributed by atoms with Gasteiger partial charge in [-0.3, -0.25) is 5.10 Å². The highest BCUT2D eigenvalue weighted by atomic mass is 16.5. The lowest BCUT2D eigenvalue weighted by Gasteiger charge is -2.15. The summed E-state index contributed by atoms with van der Waals surface area (Å²) in [5.74, 6) is 2.67. The number of nitrogens with zero attached hydrogens (tertiary/aromatic N) is 3. The zero-order valence-corrected chi connectivity index (χ0v) is 16.2. The molecule has 4 rings (SSSR count). The molecule has 2 heterocycles. The zero-order valence-electron chi connectivity index (χ0n) is 16.2. The molecule has 0 spiro atoms. The van der Waals surface area contributed by atoms with Gasteiger partial charge in [0.2, 0.25) is 11.7 Å². The maximum atomic E-state index is 5.38. The quantitative estimate of drug-likeness (QED) is 0.435. The van der Waals surface area contributed by atoms with Crippen LogP contribution in [-0.4, -0.2) is 41.5 Å². The van der Waals surface area contributed by atoms with Gasteiger partial charge in [-0.15, -0.1) is 0 Å². The number of aromatic amines is 1. The molecular weight excluding hydrogens is 372 g/mol. The Bertz CT molecular complexity index is 1120. The van der Waals surface area contributed by atoms with E-state index in [0.29, 0.717) is 34.7 Å². The van der Waals surface area contributed by atoms with Gasteiger partial charge in [0.25, 0.3) is 0 Å². The summed E-state index contributed by atoms with van der Waals surface area (Å²) < 4.78 is 16.1. The maximum absolute atomic E-state index is 5.38. The van der Waals surface area contributed by atoms with E-state index in [-0.39, 0.29) is 0 Å². The maximum Gasteiger partial charge on any atom is 0.229 e. The van der Waals surface area contributed by atoms with E-state index in [1.165, 1.54) is 0 Å². The summed E-state index contributed by atoms with van der Waals surface area (Å²) in [5.41, 5.74) is 2.54. The summed E-state index contributed by atoms with van der Waals surface area (Å²) in [5, 5.41) is 14.5. The lowest BCUT2D eigenvalue weighted by molar-refractivity contribution is 0.324. The Kier molecular flexibility index (Phi) is 5.02. The molecule has 0 atom stereocenters. The van der Waals surface area contributed by atoms with Gasteiger partial charge in [0.15, 0.2) is 11.5 Å². The first-order valence-corrected chi connectivity index (χ1v) is 8.80. The third-order valence-corrected chi connectivity index (χ3v) is 4.29. The molecule has 9 nitrogen and oxygen atoms in total. The van der Waals surface area contributed by atoms with Gasteiger partial charge >= 0.3 is 0 Å². The molecule has 29 heavy (non-hydrogen) atoms. The average Bonchev–Trinajstić information content (AvgIpc) is 3.21. The van der Waals surface area contributed by atoms with Crippen LogP contribution in [0, 0.1) is 0 Å². The van der Waals surface area contributed by atoms with Crippen molar-refractivity contribution in [1.29, 1.82) is 0 Å². The second-order valence-electron chi connectivity index (χ2n) is 6.10. The average molecular weight is 392 g/mol. The van der Waals surface area contributed by atoms with Crippen molar-refractivity contribution >= 4 is 34.0 Å². The van der Waals surface area contributed by atoms with Crippen molar-refractivity contribution in [3.63, 3.8) is 0 Å². The number of hydrogen-bond donors (Lipinski definition) is 3. The Hall–Kier alpha value is -4.01. The number of rotatable bonds is 7. The van der Waals surface area contributed by atoms with Crippen LogP contribution in [0.3, 0.4) is 0 Å². The number of anilines is 4. The highest BCUT2D eigenvalue weighted by Gasteiger charge is 2.14. The van der Waals surface area contributed by atoms with Crippen LogP contribution in [0.25, 0.3) is 10.9 Å². The summed E-state index contributed by atoms with van der Waals surface area (Å²) in [7, 11) is 4.70. The second kappa shape index (κ2) is 7.93. The van der Waals surface area contributed by atoms with E-state index in [0.717, 1.165) is 16.6 Å². The third-order valence-electron chi connectivity index (χ3n) is 4.29. The molecule has 0 bridgehead atoms. The summed E-state index contributed by atoms with van der Waals surface area (Å²) in [4.78, 5) is 8.79. The number of benzene rings is 2. The molecule has 0 saturated carbocycles. The highest BCUT2D eigenvalue weighted by Crippen LogP contribution is 2.40. The van der Waals surface area contributed by atoms with Crippen LogP contribution in [0.2, 0.25) is 0 Å². The molecule has 9 heteroatoms. The second-order valence-corrected chi connectivity index (χ2v) is 6.10. The Morgan fingerprint density at radius 2 is 1.66 bits per heavy atom. The van der Waals surface area contributed by atoms with Crippen molar-refractivity contribution in [2.24, 2.45) is 0 Å². The Labute approximate surface area is 167 Å². The van der Waals surface area contributed by atoms with E-state index in [1.54, 1.807) is 51.9 Å². The van der Waals surface area contributed by atoms with Crippen molar-refractivity contribution in [3.05, 3.63) is 48.8 Å². The predicted octanol–water partition coefficient (Wildman–Crippen LogP) is 3.87. The van der Waals surface area contributed by atoms with Crippen molar-refractivity contribution in [2.45, 2.75) is 0 Å². The molecule has 0 radical (unpaired) electrons. The lowest BCUT2D eigenvalue weighted by Crippen LogP contribution is -2.02. The van der Waals surface area contributed by atoms with Crippen LogP contribution in [0.4, 0.5) is 23.1 Å². The summed E-state index contributed by atoms with van der Waals surface area (Å²) in [6.07, 6.45) is 3.45. The van der Waals surface area contributed by atoms with E-state index in [2.05, 4.69) is 30.8 Å². The van der Waals surface area contributed by atoms with Crippen LogP contribution < -0.4 is 24.8 Å². The van der Waals surface area contributed by atoms with E-state index in [1.807, 2.05) is 18.2 Å². The Morgan fingerprint density at radius 3 is 2.38 bits per heavy atom. The standard InChI is InChI=1S/C20H20N6O3/c1-27-16-9-14(10-17(28-2)19(16)29-3)24-20-21-7-6-18(25-20)23-13-5-4-12-11-22-26-15(12)8-13/h4-11H,1-3H3,(H,22,26)(H2,21,23,24,25). The minimum atomic E-state index is 0.423. The largest absolute Gasteiger partial charge is 0.493 e. The number of H-pyrrole nitrogens is 1. The highest BCUT2D eigenvalue weighted by molar-refractivity contribution is 5.82.